The van der Waals surface area contributed by atoms with Gasteiger partial charge in [-0.1, -0.05) is 39.7 Å². The Bertz CT molecular complexity index is 724. The molecule has 6 nitrogen and oxygen atoms in total. The number of hydrogen-bond donors (Lipinski definition) is 1. The van der Waals surface area contributed by atoms with E-state index in [2.05, 4.69) is 21.2 Å². The number of carbonyl (C=O) groups excluding carboxylic acids is 1. The van der Waals surface area contributed by atoms with Gasteiger partial charge in [-0.15, -0.1) is 0 Å². The molecule has 0 aliphatic heterocycles. The van der Waals surface area contributed by atoms with Gasteiger partial charge in [-0.25, -0.2) is 0 Å². The molecule has 0 radical (unpaired) electrons. The first-order valence-corrected chi connectivity index (χ1v) is 7.25. The first-order valence-electron chi connectivity index (χ1n) is 6.08. The molecule has 114 valence electrons. The first-order chi connectivity index (χ1) is 10.5. The highest BCUT2D eigenvalue weighted by atomic mass is 79.9. The number of hydrogen-bond acceptors (Lipinski definition) is 4. The standard InChI is InChI=1S/C14H10BrClN2O4/c15-9-5-6-13(10(16)7-9)22-8-14(19)17-11-3-1-2-4-12(11)18(20)21/h1-7H,8H2,(H,17,19). The van der Waals surface area contributed by atoms with Gasteiger partial charge >= 0.3 is 0 Å². The van der Waals surface area contributed by atoms with E-state index in [4.69, 9.17) is 16.3 Å². The summed E-state index contributed by atoms with van der Waals surface area (Å²) in [5.74, 6) is -0.170. The van der Waals surface area contributed by atoms with E-state index in [-0.39, 0.29) is 18.0 Å². The van der Waals surface area contributed by atoms with Crippen LogP contribution in [0.15, 0.2) is 46.9 Å². The lowest BCUT2D eigenvalue weighted by molar-refractivity contribution is -0.383. The second kappa shape index (κ2) is 7.24. The maximum atomic E-state index is 11.8. The molecule has 0 fully saturated rings. The van der Waals surface area contributed by atoms with Crippen LogP contribution in [0.1, 0.15) is 0 Å². The molecule has 0 aliphatic carbocycles. The van der Waals surface area contributed by atoms with Gasteiger partial charge in [0.1, 0.15) is 11.4 Å². The van der Waals surface area contributed by atoms with Crippen molar-refractivity contribution < 1.29 is 14.5 Å². The number of nitro benzene ring substituents is 1. The zero-order valence-electron chi connectivity index (χ0n) is 11.1. The van der Waals surface area contributed by atoms with E-state index in [1.54, 1.807) is 24.3 Å². The average Bonchev–Trinajstić information content (AvgIpc) is 2.46. The van der Waals surface area contributed by atoms with Crippen LogP contribution < -0.4 is 10.1 Å². The van der Waals surface area contributed by atoms with E-state index in [0.717, 1.165) is 4.47 Å². The van der Waals surface area contributed by atoms with E-state index < -0.39 is 10.8 Å². The predicted molar refractivity (Wildman–Crippen MR) is 86.4 cm³/mol. The minimum absolute atomic E-state index is 0.114. The van der Waals surface area contributed by atoms with E-state index in [9.17, 15) is 14.9 Å². The Morgan fingerprint density at radius 3 is 2.73 bits per heavy atom. The molecule has 8 heteroatoms. The molecule has 2 rings (SSSR count). The van der Waals surface area contributed by atoms with E-state index >= 15 is 0 Å². The van der Waals surface area contributed by atoms with Crippen LogP contribution in [0.25, 0.3) is 0 Å². The smallest absolute Gasteiger partial charge is 0.292 e. The Hall–Kier alpha value is -2.12. The van der Waals surface area contributed by atoms with Gasteiger partial charge in [0, 0.05) is 10.5 Å². The summed E-state index contributed by atoms with van der Waals surface area (Å²) in [6, 6.07) is 10.8. The molecule has 0 spiro atoms. The first kappa shape index (κ1) is 16.3. The average molecular weight is 386 g/mol. The quantitative estimate of drug-likeness (QED) is 0.622. The van der Waals surface area contributed by atoms with Gasteiger partial charge in [-0.2, -0.15) is 0 Å². The van der Waals surface area contributed by atoms with Gasteiger partial charge in [0.25, 0.3) is 11.6 Å². The van der Waals surface area contributed by atoms with Gasteiger partial charge in [0.15, 0.2) is 6.61 Å². The Morgan fingerprint density at radius 2 is 2.05 bits per heavy atom. The lowest BCUT2D eigenvalue weighted by Gasteiger charge is -2.09. The SMILES string of the molecule is O=C(COc1ccc(Br)cc1Cl)Nc1ccccc1[N+](=O)[O-]. The predicted octanol–water partition coefficient (Wildman–Crippen LogP) is 4.03. The summed E-state index contributed by atoms with van der Waals surface area (Å²) in [5, 5.41) is 13.6. The molecule has 1 N–H and O–H groups in total. The molecular formula is C14H10BrClN2O4. The largest absolute Gasteiger partial charge is 0.482 e. The second-order valence-corrected chi connectivity index (χ2v) is 5.51. The highest BCUT2D eigenvalue weighted by Crippen LogP contribution is 2.28. The van der Waals surface area contributed by atoms with E-state index in [0.29, 0.717) is 10.8 Å². The molecule has 0 saturated heterocycles. The summed E-state index contributed by atoms with van der Waals surface area (Å²) in [4.78, 5) is 22.1. The van der Waals surface area contributed by atoms with Crippen LogP contribution in [0.3, 0.4) is 0 Å². The number of para-hydroxylation sites is 2. The fraction of sp³-hybridized carbons (Fsp3) is 0.0714. The number of nitrogens with one attached hydrogen (secondary N) is 1. The molecular weight excluding hydrogens is 376 g/mol. The number of nitro groups is 1. The van der Waals surface area contributed by atoms with Crippen molar-refractivity contribution in [3.05, 3.63) is 62.1 Å². The molecule has 0 heterocycles. The lowest BCUT2D eigenvalue weighted by Crippen LogP contribution is -2.20. The third-order valence-electron chi connectivity index (χ3n) is 2.63. The van der Waals surface area contributed by atoms with E-state index in [1.807, 2.05) is 0 Å². The van der Waals surface area contributed by atoms with Crippen molar-refractivity contribution in [3.63, 3.8) is 0 Å². The molecule has 2 aromatic carbocycles. The van der Waals surface area contributed by atoms with Crippen molar-refractivity contribution in [2.24, 2.45) is 0 Å². The number of halogens is 2. The topological polar surface area (TPSA) is 81.5 Å². The summed E-state index contributed by atoms with van der Waals surface area (Å²) in [7, 11) is 0. The third kappa shape index (κ3) is 4.19. The Balaban J connectivity index is 2.00. The lowest BCUT2D eigenvalue weighted by atomic mass is 10.2. The summed E-state index contributed by atoms with van der Waals surface area (Å²) in [6.45, 7) is -0.312. The monoisotopic (exact) mass is 384 g/mol. The summed E-state index contributed by atoms with van der Waals surface area (Å²) in [6.07, 6.45) is 0. The molecule has 22 heavy (non-hydrogen) atoms. The van der Waals surface area contributed by atoms with Crippen LogP contribution in [0, 0.1) is 10.1 Å². The highest BCUT2D eigenvalue weighted by molar-refractivity contribution is 9.10. The molecule has 2 aromatic rings. The maximum Gasteiger partial charge on any atom is 0.292 e. The summed E-state index contributed by atoms with van der Waals surface area (Å²) in [5.41, 5.74) is -0.0690. The van der Waals surface area contributed by atoms with Crippen molar-refractivity contribution in [3.8, 4) is 5.75 Å². The molecule has 1 amide bonds. The zero-order chi connectivity index (χ0) is 16.1. The Kier molecular flexibility index (Phi) is 5.35. The number of rotatable bonds is 5. The van der Waals surface area contributed by atoms with Crippen LogP contribution in [-0.2, 0) is 4.79 Å². The van der Waals surface area contributed by atoms with Crippen LogP contribution in [0.4, 0.5) is 11.4 Å². The normalized spacial score (nSPS) is 10.1. The van der Waals surface area contributed by atoms with Crippen molar-refractivity contribution in [2.75, 3.05) is 11.9 Å². The number of ether oxygens (including phenoxy) is 1. The van der Waals surface area contributed by atoms with Crippen molar-refractivity contribution in [1.82, 2.24) is 0 Å². The zero-order valence-corrected chi connectivity index (χ0v) is 13.4. The second-order valence-electron chi connectivity index (χ2n) is 4.19. The Labute approximate surface area is 139 Å². The summed E-state index contributed by atoms with van der Waals surface area (Å²) >= 11 is 9.22. The van der Waals surface area contributed by atoms with Gasteiger partial charge < -0.3 is 10.1 Å². The van der Waals surface area contributed by atoms with E-state index in [1.165, 1.54) is 18.2 Å². The number of nitrogens with zero attached hydrogens (tertiary/aromatic N) is 1. The van der Waals surface area contributed by atoms with Gasteiger partial charge in [-0.05, 0) is 24.3 Å². The summed E-state index contributed by atoms with van der Waals surface area (Å²) < 4.78 is 6.08. The minimum atomic E-state index is -0.567. The van der Waals surface area contributed by atoms with Crippen LogP contribution >= 0.6 is 27.5 Å². The fourth-order valence-corrected chi connectivity index (χ4v) is 2.39. The van der Waals surface area contributed by atoms with Crippen molar-refractivity contribution >= 4 is 44.8 Å². The molecule has 0 atom stereocenters. The number of carbonyl (C=O) groups is 1. The minimum Gasteiger partial charge on any atom is -0.482 e. The van der Waals surface area contributed by atoms with Crippen LogP contribution in [-0.4, -0.2) is 17.4 Å². The fourth-order valence-electron chi connectivity index (χ4n) is 1.66. The third-order valence-corrected chi connectivity index (χ3v) is 3.42. The Morgan fingerprint density at radius 1 is 1.32 bits per heavy atom. The van der Waals surface area contributed by atoms with Crippen molar-refractivity contribution in [1.29, 1.82) is 0 Å². The van der Waals surface area contributed by atoms with Crippen LogP contribution in [0.5, 0.6) is 5.75 Å². The molecule has 0 aromatic heterocycles. The maximum absolute atomic E-state index is 11.8. The van der Waals surface area contributed by atoms with Crippen LogP contribution in [0.2, 0.25) is 5.02 Å². The molecule has 0 saturated carbocycles. The van der Waals surface area contributed by atoms with Gasteiger partial charge in [0.05, 0.1) is 9.95 Å². The number of anilines is 1. The van der Waals surface area contributed by atoms with Gasteiger partial charge in [0.2, 0.25) is 0 Å². The highest BCUT2D eigenvalue weighted by Gasteiger charge is 2.15. The number of benzene rings is 2. The molecule has 0 bridgehead atoms. The molecule has 0 aliphatic rings. The number of amides is 1. The molecule has 0 unspecified atom stereocenters. The van der Waals surface area contributed by atoms with Crippen molar-refractivity contribution in [2.45, 2.75) is 0 Å². The van der Waals surface area contributed by atoms with Gasteiger partial charge in [-0.3, -0.25) is 14.9 Å².